The Balaban J connectivity index is 1.75. The number of H-pyrrole nitrogens is 1. The van der Waals surface area contributed by atoms with Crippen LogP contribution in [0.15, 0.2) is 0 Å². The number of nitrogens with two attached hydrogens (primary N) is 1. The lowest BCUT2D eigenvalue weighted by atomic mass is 9.94. The molecule has 1 saturated heterocycles. The van der Waals surface area contributed by atoms with E-state index in [9.17, 15) is 4.79 Å². The molecule has 1 amide bonds. The summed E-state index contributed by atoms with van der Waals surface area (Å²) in [5, 5.41) is 7.30. The first-order valence-corrected chi connectivity index (χ1v) is 7.81. The summed E-state index contributed by atoms with van der Waals surface area (Å²) in [6.45, 7) is 7.85. The van der Waals surface area contributed by atoms with Crippen LogP contribution in [-0.4, -0.2) is 38.6 Å². The number of carbonyl (C=O) groups excluding carboxylic acids is 1. The molecule has 116 valence electrons. The SMILES string of the molecule is CC(C)(C)c1n[nH]c(CN2C[C@@H]3CCC[C@@H]3[C@@H]2C(N)=O)n1. The van der Waals surface area contributed by atoms with E-state index < -0.39 is 0 Å². The van der Waals surface area contributed by atoms with Gasteiger partial charge in [0.05, 0.1) is 12.6 Å². The second-order valence-corrected chi connectivity index (χ2v) is 7.49. The van der Waals surface area contributed by atoms with Gasteiger partial charge in [-0.3, -0.25) is 14.8 Å². The van der Waals surface area contributed by atoms with E-state index >= 15 is 0 Å². The zero-order valence-corrected chi connectivity index (χ0v) is 13.1. The van der Waals surface area contributed by atoms with Gasteiger partial charge >= 0.3 is 0 Å². The quantitative estimate of drug-likeness (QED) is 0.875. The number of aromatic nitrogens is 3. The Morgan fingerprint density at radius 3 is 2.81 bits per heavy atom. The standard InChI is InChI=1S/C15H25N5O/c1-15(2,3)14-17-11(18-19-14)8-20-7-9-5-4-6-10(9)12(20)13(16)21/h9-10,12H,4-8H2,1-3H3,(H2,16,21)(H,17,18,19)/t9-,10-,12+/m0/s1. The first kappa shape index (κ1) is 14.5. The maximum atomic E-state index is 11.8. The monoisotopic (exact) mass is 291 g/mol. The van der Waals surface area contributed by atoms with E-state index in [0.717, 1.165) is 24.6 Å². The zero-order chi connectivity index (χ0) is 15.2. The minimum atomic E-state index is -0.194. The molecule has 0 aromatic carbocycles. The van der Waals surface area contributed by atoms with E-state index in [2.05, 4.69) is 40.9 Å². The maximum absolute atomic E-state index is 11.8. The van der Waals surface area contributed by atoms with Gasteiger partial charge in [0, 0.05) is 12.0 Å². The smallest absolute Gasteiger partial charge is 0.235 e. The van der Waals surface area contributed by atoms with E-state index in [1.165, 1.54) is 12.8 Å². The zero-order valence-electron chi connectivity index (χ0n) is 13.1. The number of nitrogens with zero attached hydrogens (tertiary/aromatic N) is 3. The number of fused-ring (bicyclic) bond motifs is 1. The molecule has 2 fully saturated rings. The number of likely N-dealkylation sites (tertiary alicyclic amines) is 1. The molecule has 6 heteroatoms. The minimum Gasteiger partial charge on any atom is -0.368 e. The number of amides is 1. The van der Waals surface area contributed by atoms with Crippen LogP contribution in [0, 0.1) is 11.8 Å². The Morgan fingerprint density at radius 1 is 1.43 bits per heavy atom. The Morgan fingerprint density at radius 2 is 2.19 bits per heavy atom. The van der Waals surface area contributed by atoms with Gasteiger partial charge in [0.15, 0.2) is 5.82 Å². The van der Waals surface area contributed by atoms with Gasteiger partial charge in [-0.1, -0.05) is 27.2 Å². The van der Waals surface area contributed by atoms with Crippen molar-refractivity contribution in [3.05, 3.63) is 11.6 Å². The first-order valence-electron chi connectivity index (χ1n) is 7.81. The van der Waals surface area contributed by atoms with Gasteiger partial charge < -0.3 is 5.73 Å². The lowest BCUT2D eigenvalue weighted by Gasteiger charge is -2.23. The van der Waals surface area contributed by atoms with E-state index in [1.807, 2.05) is 0 Å². The van der Waals surface area contributed by atoms with Crippen molar-refractivity contribution < 1.29 is 4.79 Å². The molecule has 0 unspecified atom stereocenters. The van der Waals surface area contributed by atoms with Crippen molar-refractivity contribution in [1.29, 1.82) is 0 Å². The van der Waals surface area contributed by atoms with Gasteiger partial charge in [-0.05, 0) is 24.7 Å². The van der Waals surface area contributed by atoms with E-state index in [-0.39, 0.29) is 17.4 Å². The van der Waals surface area contributed by atoms with Crippen LogP contribution < -0.4 is 5.73 Å². The van der Waals surface area contributed by atoms with Gasteiger partial charge in [0.2, 0.25) is 5.91 Å². The molecule has 1 aromatic heterocycles. The van der Waals surface area contributed by atoms with Gasteiger partial charge in [-0.15, -0.1) is 0 Å². The highest BCUT2D eigenvalue weighted by Gasteiger charge is 2.46. The van der Waals surface area contributed by atoms with Crippen molar-refractivity contribution in [2.24, 2.45) is 17.6 Å². The fraction of sp³-hybridized carbons (Fsp3) is 0.800. The first-order chi connectivity index (χ1) is 9.86. The molecular weight excluding hydrogens is 266 g/mol. The summed E-state index contributed by atoms with van der Waals surface area (Å²) in [6, 6.07) is -0.138. The number of aromatic amines is 1. The van der Waals surface area contributed by atoms with Crippen LogP contribution >= 0.6 is 0 Å². The predicted octanol–water partition coefficient (Wildman–Crippen LogP) is 1.19. The molecule has 6 nitrogen and oxygen atoms in total. The summed E-state index contributed by atoms with van der Waals surface area (Å²) in [6.07, 6.45) is 3.57. The van der Waals surface area contributed by atoms with E-state index in [0.29, 0.717) is 18.4 Å². The summed E-state index contributed by atoms with van der Waals surface area (Å²) in [7, 11) is 0. The summed E-state index contributed by atoms with van der Waals surface area (Å²) >= 11 is 0. The average molecular weight is 291 g/mol. The summed E-state index contributed by atoms with van der Waals surface area (Å²) in [5.74, 6) is 2.50. The van der Waals surface area contributed by atoms with Crippen molar-refractivity contribution in [2.45, 2.75) is 58.0 Å². The largest absolute Gasteiger partial charge is 0.368 e. The molecule has 1 aliphatic heterocycles. The fourth-order valence-electron chi connectivity index (χ4n) is 3.84. The molecular formula is C15H25N5O. The molecule has 2 aliphatic rings. The molecule has 3 N–H and O–H groups in total. The summed E-state index contributed by atoms with van der Waals surface area (Å²) < 4.78 is 0. The molecule has 1 aliphatic carbocycles. The molecule has 3 rings (SSSR count). The molecule has 0 spiro atoms. The van der Waals surface area contributed by atoms with Crippen LogP contribution in [-0.2, 0) is 16.8 Å². The predicted molar refractivity (Wildman–Crippen MR) is 79.3 cm³/mol. The van der Waals surface area contributed by atoms with Crippen molar-refractivity contribution >= 4 is 5.91 Å². The van der Waals surface area contributed by atoms with Crippen molar-refractivity contribution in [2.75, 3.05) is 6.54 Å². The molecule has 21 heavy (non-hydrogen) atoms. The van der Waals surface area contributed by atoms with Crippen LogP contribution in [0.3, 0.4) is 0 Å². The molecule has 2 heterocycles. The molecule has 1 saturated carbocycles. The van der Waals surface area contributed by atoms with Gasteiger partial charge in [-0.25, -0.2) is 4.98 Å². The number of hydrogen-bond acceptors (Lipinski definition) is 4. The molecule has 3 atom stereocenters. The summed E-state index contributed by atoms with van der Waals surface area (Å²) in [5.41, 5.74) is 5.58. The van der Waals surface area contributed by atoms with Crippen molar-refractivity contribution in [3.8, 4) is 0 Å². The third-order valence-corrected chi connectivity index (χ3v) is 4.83. The van der Waals surface area contributed by atoms with Crippen LogP contribution in [0.2, 0.25) is 0 Å². The normalized spacial score (nSPS) is 29.8. The number of rotatable bonds is 3. The van der Waals surface area contributed by atoms with Crippen LogP contribution in [0.1, 0.15) is 51.7 Å². The van der Waals surface area contributed by atoms with Crippen molar-refractivity contribution in [1.82, 2.24) is 20.1 Å². The Kier molecular flexibility index (Phi) is 3.51. The van der Waals surface area contributed by atoms with Crippen LogP contribution in [0.4, 0.5) is 0 Å². The van der Waals surface area contributed by atoms with Crippen molar-refractivity contribution in [3.63, 3.8) is 0 Å². The molecule has 0 radical (unpaired) electrons. The third kappa shape index (κ3) is 2.69. The van der Waals surface area contributed by atoms with E-state index in [1.54, 1.807) is 0 Å². The minimum absolute atomic E-state index is 0.0701. The highest BCUT2D eigenvalue weighted by molar-refractivity contribution is 5.80. The lowest BCUT2D eigenvalue weighted by molar-refractivity contribution is -0.123. The average Bonchev–Trinajstić information content (AvgIpc) is 3.01. The highest BCUT2D eigenvalue weighted by Crippen LogP contribution is 2.42. The van der Waals surface area contributed by atoms with E-state index in [4.69, 9.17) is 5.73 Å². The Labute approximate surface area is 125 Å². The van der Waals surface area contributed by atoms with Crippen LogP contribution in [0.25, 0.3) is 0 Å². The van der Waals surface area contributed by atoms with Gasteiger partial charge in [-0.2, -0.15) is 5.10 Å². The molecule has 0 bridgehead atoms. The lowest BCUT2D eigenvalue weighted by Crippen LogP contribution is -2.43. The fourth-order valence-corrected chi connectivity index (χ4v) is 3.84. The number of hydrogen-bond donors (Lipinski definition) is 2. The molecule has 1 aromatic rings. The number of nitrogens with one attached hydrogen (secondary N) is 1. The summed E-state index contributed by atoms with van der Waals surface area (Å²) in [4.78, 5) is 18.6. The second-order valence-electron chi connectivity index (χ2n) is 7.49. The topological polar surface area (TPSA) is 87.9 Å². The second kappa shape index (κ2) is 5.09. The van der Waals surface area contributed by atoms with Gasteiger partial charge in [0.1, 0.15) is 5.82 Å². The van der Waals surface area contributed by atoms with Gasteiger partial charge in [0.25, 0.3) is 0 Å². The number of carbonyl (C=O) groups is 1. The van der Waals surface area contributed by atoms with Crippen LogP contribution in [0.5, 0.6) is 0 Å². The third-order valence-electron chi connectivity index (χ3n) is 4.83. The Bertz CT molecular complexity index is 532. The highest BCUT2D eigenvalue weighted by atomic mass is 16.1. The Hall–Kier alpha value is -1.43. The number of primary amides is 1. The maximum Gasteiger partial charge on any atom is 0.235 e.